The first-order valence-corrected chi connectivity index (χ1v) is 11.2. The molecule has 7 rings (SSSR count). The number of aromatic nitrogens is 1. The highest BCUT2D eigenvalue weighted by molar-refractivity contribution is 6.10. The van der Waals surface area contributed by atoms with Crippen molar-refractivity contribution in [3.63, 3.8) is 0 Å². The van der Waals surface area contributed by atoms with Crippen molar-refractivity contribution in [1.29, 1.82) is 0 Å². The third-order valence-corrected chi connectivity index (χ3v) is 6.63. The molecule has 0 aliphatic heterocycles. The Morgan fingerprint density at radius 2 is 1.41 bits per heavy atom. The lowest BCUT2D eigenvalue weighted by Gasteiger charge is -2.09. The number of hydrogen-bond donors (Lipinski definition) is 0. The first kappa shape index (κ1) is 17.6. The molecular weight excluding hydrogens is 390 g/mol. The van der Waals surface area contributed by atoms with Crippen molar-refractivity contribution >= 4 is 44.9 Å². The van der Waals surface area contributed by atoms with Gasteiger partial charge < -0.3 is 8.98 Å². The SMILES string of the molecule is C1=c2oc3c(-c4ccc5c6ccccc6n(-c6ccccc6)c5c4)cccc3c2=CCC1. The fourth-order valence-corrected chi connectivity index (χ4v) is 5.18. The summed E-state index contributed by atoms with van der Waals surface area (Å²) in [5.74, 6) is 0. The van der Waals surface area contributed by atoms with E-state index >= 15 is 0 Å². The van der Waals surface area contributed by atoms with E-state index < -0.39 is 0 Å². The normalized spacial score (nSPS) is 13.2. The van der Waals surface area contributed by atoms with Crippen LogP contribution in [0.4, 0.5) is 0 Å². The smallest absolute Gasteiger partial charge is 0.143 e. The molecule has 0 spiro atoms. The van der Waals surface area contributed by atoms with Crippen LogP contribution in [0, 0.1) is 0 Å². The van der Waals surface area contributed by atoms with E-state index in [0.717, 1.165) is 29.4 Å². The van der Waals surface area contributed by atoms with Gasteiger partial charge in [-0.1, -0.05) is 72.8 Å². The van der Waals surface area contributed by atoms with E-state index in [-0.39, 0.29) is 0 Å². The van der Waals surface area contributed by atoms with Gasteiger partial charge in [-0.15, -0.1) is 0 Å². The van der Waals surface area contributed by atoms with Crippen molar-refractivity contribution in [2.45, 2.75) is 12.8 Å². The van der Waals surface area contributed by atoms with Gasteiger partial charge in [0.25, 0.3) is 0 Å². The lowest BCUT2D eigenvalue weighted by molar-refractivity contribution is 0.572. The van der Waals surface area contributed by atoms with Crippen LogP contribution in [0.2, 0.25) is 0 Å². The molecule has 0 amide bonds. The van der Waals surface area contributed by atoms with Crippen LogP contribution >= 0.6 is 0 Å². The van der Waals surface area contributed by atoms with Crippen LogP contribution in [-0.2, 0) is 0 Å². The number of hydrogen-bond acceptors (Lipinski definition) is 1. The quantitative estimate of drug-likeness (QED) is 0.316. The number of rotatable bonds is 2. The van der Waals surface area contributed by atoms with Crippen molar-refractivity contribution in [2.24, 2.45) is 0 Å². The van der Waals surface area contributed by atoms with Crippen molar-refractivity contribution in [1.82, 2.24) is 4.57 Å². The summed E-state index contributed by atoms with van der Waals surface area (Å²) in [4.78, 5) is 0. The van der Waals surface area contributed by atoms with Gasteiger partial charge in [0.15, 0.2) is 0 Å². The first-order valence-electron chi connectivity index (χ1n) is 11.2. The van der Waals surface area contributed by atoms with Crippen LogP contribution in [-0.4, -0.2) is 4.57 Å². The van der Waals surface area contributed by atoms with E-state index in [1.165, 1.54) is 43.7 Å². The predicted molar refractivity (Wildman–Crippen MR) is 133 cm³/mol. The molecule has 0 fully saturated rings. The Labute approximate surface area is 185 Å². The molecule has 2 aromatic heterocycles. The van der Waals surface area contributed by atoms with E-state index in [1.54, 1.807) is 0 Å². The van der Waals surface area contributed by atoms with Gasteiger partial charge in [0.1, 0.15) is 11.0 Å². The van der Waals surface area contributed by atoms with Crippen molar-refractivity contribution < 1.29 is 4.42 Å². The van der Waals surface area contributed by atoms with Crippen molar-refractivity contribution in [2.75, 3.05) is 0 Å². The highest BCUT2D eigenvalue weighted by Gasteiger charge is 2.15. The molecule has 2 heteroatoms. The van der Waals surface area contributed by atoms with Gasteiger partial charge in [0.05, 0.1) is 11.0 Å². The Hall–Kier alpha value is -4.04. The highest BCUT2D eigenvalue weighted by Crippen LogP contribution is 2.36. The number of fused-ring (bicyclic) bond motifs is 6. The van der Waals surface area contributed by atoms with Gasteiger partial charge in [-0.25, -0.2) is 0 Å². The molecule has 0 radical (unpaired) electrons. The predicted octanol–water partition coefficient (Wildman–Crippen LogP) is 6.55. The standard InChI is InChI=1S/C30H21NO/c1-2-9-21(10-3-1)31-27-15-6-4-11-23(27)24-18-17-20(19-28(24)31)22-13-8-14-26-25-12-5-7-16-29(25)32-30(22)26/h1-4,6,8-19H,5,7H2. The maximum absolute atomic E-state index is 6.37. The minimum absolute atomic E-state index is 0.980. The summed E-state index contributed by atoms with van der Waals surface area (Å²) in [5, 5.41) is 4.99. The van der Waals surface area contributed by atoms with Gasteiger partial charge in [-0.3, -0.25) is 0 Å². The molecule has 32 heavy (non-hydrogen) atoms. The monoisotopic (exact) mass is 411 g/mol. The Morgan fingerprint density at radius 1 is 0.625 bits per heavy atom. The lowest BCUT2D eigenvalue weighted by atomic mass is 10.0. The molecular formula is C30H21NO. The zero-order valence-electron chi connectivity index (χ0n) is 17.6. The molecule has 6 aromatic rings. The molecule has 0 saturated heterocycles. The minimum atomic E-state index is 0.980. The number of para-hydroxylation sites is 3. The van der Waals surface area contributed by atoms with Gasteiger partial charge in [-0.05, 0) is 48.7 Å². The number of furan rings is 1. The average Bonchev–Trinajstić information content (AvgIpc) is 3.40. The fourth-order valence-electron chi connectivity index (χ4n) is 5.18. The van der Waals surface area contributed by atoms with Gasteiger partial charge in [0.2, 0.25) is 0 Å². The second-order valence-electron chi connectivity index (χ2n) is 8.47. The van der Waals surface area contributed by atoms with Gasteiger partial charge in [0, 0.05) is 32.6 Å². The molecule has 1 aliphatic rings. The lowest BCUT2D eigenvalue weighted by Crippen LogP contribution is -2.21. The third kappa shape index (κ3) is 2.47. The van der Waals surface area contributed by atoms with Gasteiger partial charge >= 0.3 is 0 Å². The summed E-state index contributed by atoms with van der Waals surface area (Å²) >= 11 is 0. The summed E-state index contributed by atoms with van der Waals surface area (Å²) in [6.07, 6.45) is 6.65. The molecule has 0 saturated carbocycles. The van der Waals surface area contributed by atoms with Crippen LogP contribution in [0.3, 0.4) is 0 Å². The molecule has 0 N–H and O–H groups in total. The van der Waals surface area contributed by atoms with E-state index in [1.807, 2.05) is 0 Å². The summed E-state index contributed by atoms with van der Waals surface area (Å²) < 4.78 is 8.73. The molecule has 2 nitrogen and oxygen atoms in total. The second-order valence-corrected chi connectivity index (χ2v) is 8.47. The number of benzene rings is 4. The maximum atomic E-state index is 6.37. The highest BCUT2D eigenvalue weighted by atomic mass is 16.3. The molecule has 2 heterocycles. The third-order valence-electron chi connectivity index (χ3n) is 6.63. The van der Waals surface area contributed by atoms with Crippen LogP contribution in [0.5, 0.6) is 0 Å². The number of nitrogens with zero attached hydrogens (tertiary/aromatic N) is 1. The summed E-state index contributed by atoms with van der Waals surface area (Å²) in [6.45, 7) is 0. The molecule has 152 valence electrons. The summed E-state index contributed by atoms with van der Waals surface area (Å²) in [6, 6.07) is 32.5. The molecule has 1 aliphatic carbocycles. The molecule has 4 aromatic carbocycles. The van der Waals surface area contributed by atoms with E-state index in [4.69, 9.17) is 4.42 Å². The van der Waals surface area contributed by atoms with E-state index in [2.05, 4.69) is 108 Å². The van der Waals surface area contributed by atoms with E-state index in [0.29, 0.717) is 0 Å². The second kappa shape index (κ2) is 6.73. The Balaban J connectivity index is 1.56. The first-order chi connectivity index (χ1) is 15.9. The topological polar surface area (TPSA) is 18.1 Å². The van der Waals surface area contributed by atoms with Crippen LogP contribution in [0.25, 0.3) is 61.7 Å². The summed E-state index contributed by atoms with van der Waals surface area (Å²) in [7, 11) is 0. The average molecular weight is 412 g/mol. The summed E-state index contributed by atoms with van der Waals surface area (Å²) in [5.41, 5.74) is 7.92. The Kier molecular flexibility index (Phi) is 3.71. The fraction of sp³-hybridized carbons (Fsp3) is 0.0667. The molecule has 0 bridgehead atoms. The van der Waals surface area contributed by atoms with Crippen LogP contribution in [0.1, 0.15) is 12.8 Å². The molecule has 0 unspecified atom stereocenters. The molecule has 0 atom stereocenters. The van der Waals surface area contributed by atoms with Crippen molar-refractivity contribution in [3.8, 4) is 16.8 Å². The largest absolute Gasteiger partial charge is 0.456 e. The van der Waals surface area contributed by atoms with Crippen LogP contribution < -0.4 is 10.6 Å². The Morgan fingerprint density at radius 3 is 2.34 bits per heavy atom. The van der Waals surface area contributed by atoms with Crippen molar-refractivity contribution in [3.05, 3.63) is 102 Å². The van der Waals surface area contributed by atoms with Crippen LogP contribution in [0.15, 0.2) is 95.4 Å². The van der Waals surface area contributed by atoms with E-state index in [9.17, 15) is 0 Å². The zero-order valence-corrected chi connectivity index (χ0v) is 17.6. The maximum Gasteiger partial charge on any atom is 0.143 e. The Bertz CT molecular complexity index is 1770. The minimum Gasteiger partial charge on any atom is -0.456 e. The zero-order chi connectivity index (χ0) is 21.1. The van der Waals surface area contributed by atoms with Gasteiger partial charge in [-0.2, -0.15) is 0 Å².